The van der Waals surface area contributed by atoms with Crippen molar-refractivity contribution in [3.8, 4) is 0 Å². The Morgan fingerprint density at radius 1 is 0.472 bits per heavy atom. The van der Waals surface area contributed by atoms with E-state index in [1.807, 2.05) is 34.6 Å². The van der Waals surface area contributed by atoms with Crippen molar-refractivity contribution in [3.63, 3.8) is 0 Å². The van der Waals surface area contributed by atoms with Gasteiger partial charge in [0.25, 0.3) is 0 Å². The van der Waals surface area contributed by atoms with E-state index < -0.39 is 317 Å². The minimum Gasteiger partial charge on any atom is -0.432 e. The molecule has 0 spiro atoms. The Bertz CT molecular complexity index is 3030. The molecule has 12 rings (SSSR count). The molecule has 610 valence electrons. The van der Waals surface area contributed by atoms with Crippen LogP contribution in [0.15, 0.2) is 11.6 Å². The second-order valence-electron chi connectivity index (χ2n) is 33.6. The first-order valence-corrected chi connectivity index (χ1v) is 36.7. The number of aliphatic hydroxyl groups excluding tert-OH is 22. The van der Waals surface area contributed by atoms with Crippen LogP contribution in [0, 0.1) is 50.2 Å². The van der Waals surface area contributed by atoms with Crippen molar-refractivity contribution in [2.24, 2.45) is 50.2 Å². The minimum atomic E-state index is -2.10. The van der Waals surface area contributed by atoms with Crippen LogP contribution in [0.1, 0.15) is 100 Å². The van der Waals surface area contributed by atoms with Gasteiger partial charge in [-0.2, -0.15) is 0 Å². The van der Waals surface area contributed by atoms with Crippen molar-refractivity contribution >= 4 is 5.97 Å². The molecular weight excluding hydrogens is 1420 g/mol. The van der Waals surface area contributed by atoms with Crippen molar-refractivity contribution < 1.29 is 183 Å². The fraction of sp³-hybridized carbons (Fsp3) is 0.957. The Kier molecular flexibility index (Phi) is 24.5. The molecule has 44 atom stereocenters. The first-order valence-electron chi connectivity index (χ1n) is 36.7. The van der Waals surface area contributed by atoms with Gasteiger partial charge in [-0.1, -0.05) is 53.2 Å². The van der Waals surface area contributed by atoms with Gasteiger partial charge in [0, 0.05) is 11.3 Å². The lowest BCUT2D eigenvalue weighted by Crippen LogP contribution is -2.73. The number of hydrogen-bond donors (Lipinski definition) is 22. The highest BCUT2D eigenvalue weighted by Crippen LogP contribution is 2.76. The molecule has 5 aliphatic carbocycles. The summed E-state index contributed by atoms with van der Waals surface area (Å²) in [5.74, 6) is -2.98. The quantitative estimate of drug-likeness (QED) is 0.0365. The predicted molar refractivity (Wildman–Crippen MR) is 345 cm³/mol. The molecular formula is C69H112O37. The van der Waals surface area contributed by atoms with Crippen molar-refractivity contribution in [1.29, 1.82) is 0 Å². The van der Waals surface area contributed by atoms with Crippen LogP contribution in [0.25, 0.3) is 0 Å². The predicted octanol–water partition coefficient (Wildman–Crippen LogP) is -8.71. The van der Waals surface area contributed by atoms with Crippen molar-refractivity contribution in [2.75, 3.05) is 39.6 Å². The van der Waals surface area contributed by atoms with Crippen LogP contribution in [0.4, 0.5) is 0 Å². The van der Waals surface area contributed by atoms with Gasteiger partial charge in [0.15, 0.2) is 43.8 Å². The van der Waals surface area contributed by atoms with E-state index in [-0.39, 0.29) is 25.7 Å². The van der Waals surface area contributed by atoms with E-state index in [1.54, 1.807) is 6.92 Å². The molecule has 7 heterocycles. The molecule has 0 radical (unpaired) electrons. The van der Waals surface area contributed by atoms with Crippen LogP contribution in [0.5, 0.6) is 0 Å². The molecule has 0 aromatic heterocycles. The number of aliphatic hydroxyl groups is 22. The van der Waals surface area contributed by atoms with Gasteiger partial charge < -0.3 is 179 Å². The van der Waals surface area contributed by atoms with E-state index in [9.17, 15) is 112 Å². The Morgan fingerprint density at radius 2 is 1.01 bits per heavy atom. The zero-order valence-electron chi connectivity index (χ0n) is 60.2. The van der Waals surface area contributed by atoms with Crippen LogP contribution < -0.4 is 0 Å². The zero-order chi connectivity index (χ0) is 77.5. The fourth-order valence-corrected chi connectivity index (χ4v) is 20.3. The monoisotopic (exact) mass is 1530 g/mol. The highest BCUT2D eigenvalue weighted by Gasteiger charge is 2.75. The summed E-state index contributed by atoms with van der Waals surface area (Å²) in [6, 6.07) is 0. The SMILES string of the molecule is C[C@@H]1O[C@@H](O[C@@H]2[C@@H](O)[C@H](O[C@@H]3[C@@H](O)[C@@H](O)[C@H](O[C@H]4[C@H](OC(=O)[C@]56CCC(C)(C)C[C@@H]5C5=CC[C@@H]7[C@@]8(C)C[C@H](O)[C@H](O[C@@H]9O[C@H](CO[C@@H]%10O[C@H](CO)[C@@H](O)[C@H](O)[C@H]%10O)[C@@H](O)[C@H](O)[C@H]9O)[C@@](C)(CO)[C@@H]8[C@H](O)C[C@@]7(C)[C@]5(C)C[C@H]6O)OC[C@H](O)[C@@H]4O)O[C@H]3C)OC[C@H]2O[C@@H]2OC[C@@H](O)[C@H](O)[C@H]2O)[C@H](O)[C@H](O)[C@H]1O. The summed E-state index contributed by atoms with van der Waals surface area (Å²) in [5.41, 5.74) is -5.87. The van der Waals surface area contributed by atoms with Gasteiger partial charge in [0.1, 0.15) is 140 Å². The molecule has 37 nitrogen and oxygen atoms in total. The lowest BCUT2D eigenvalue weighted by molar-refractivity contribution is -0.386. The number of fused-ring (bicyclic) bond motifs is 7. The molecule has 7 saturated heterocycles. The summed E-state index contributed by atoms with van der Waals surface area (Å²) in [5, 5.41) is 246. The van der Waals surface area contributed by atoms with Gasteiger partial charge in [-0.25, -0.2) is 0 Å². The Morgan fingerprint density at radius 3 is 1.66 bits per heavy atom. The van der Waals surface area contributed by atoms with Gasteiger partial charge in [-0.05, 0) is 92.3 Å². The van der Waals surface area contributed by atoms with Crippen molar-refractivity contribution in [2.45, 2.75) is 321 Å². The van der Waals surface area contributed by atoms with Gasteiger partial charge in [-0.3, -0.25) is 4.79 Å². The second kappa shape index (κ2) is 31.2. The van der Waals surface area contributed by atoms with E-state index in [0.29, 0.717) is 19.3 Å². The molecule has 106 heavy (non-hydrogen) atoms. The molecule has 0 bridgehead atoms. The maximum absolute atomic E-state index is 15.7. The Balaban J connectivity index is 0.743. The molecule has 37 heteroatoms. The molecule has 12 aliphatic rings. The third-order valence-electron chi connectivity index (χ3n) is 26.5. The maximum Gasteiger partial charge on any atom is 0.317 e. The van der Waals surface area contributed by atoms with E-state index in [4.69, 9.17) is 66.3 Å². The third kappa shape index (κ3) is 14.2. The first kappa shape index (κ1) is 83.2. The number of allylic oxidation sites excluding steroid dienone is 2. The molecule has 22 N–H and O–H groups in total. The third-order valence-corrected chi connectivity index (χ3v) is 26.5. The standard InChI is InChI=1S/C69H112O37/c1-23-36(77)41(82)47(88)59(97-23)103-52-33(101-56-45(86)37(78)29(74)18-93-56)21-96-58(50(52)91)102-51-24(2)98-60(49(90)44(51)85)104-53-38(79)30(75)19-94-62(53)106-63(92)69-12-11-64(3,4)13-26(69)25-9-10-34-65(5)14-28(73)55(66(6,22-71)54(65)27(72)15-68(34,8)67(25,7)16-35(69)76)105-61-48(89)43(84)40(81)32(100-61)20-95-57-46(87)42(83)39(80)31(17-70)99-57/h9,23-24,26-62,70-91H,10-22H2,1-8H3/t23-,24-,26+,27+,28-,29+,30-,31+,32+,33+,34+,35+,36-,37-,38-,39+,40+,41+,42-,43-,44-,45+,46+,47+,48+,49+,50+,51-,52-,53+,54+,55-,56-,57+,58-,59-,60-,61-,62-,65+,66-,67+,68+,69+/m0/s1. The van der Waals surface area contributed by atoms with Gasteiger partial charge in [0.2, 0.25) is 6.29 Å². The summed E-state index contributed by atoms with van der Waals surface area (Å²) in [6.07, 6.45) is -58.0. The van der Waals surface area contributed by atoms with Crippen LogP contribution in [-0.4, -0.2) is 379 Å². The molecule has 4 saturated carbocycles. The summed E-state index contributed by atoms with van der Waals surface area (Å²) in [6.45, 7) is 10.6. The molecule has 0 amide bonds. The topological polar surface area (TPSA) is 591 Å². The van der Waals surface area contributed by atoms with E-state index in [0.717, 1.165) is 5.57 Å². The fourth-order valence-electron chi connectivity index (χ4n) is 20.3. The van der Waals surface area contributed by atoms with Crippen LogP contribution >= 0.6 is 0 Å². The average Bonchev–Trinajstić information content (AvgIpc) is 0.665. The highest BCUT2D eigenvalue weighted by molar-refractivity contribution is 5.80. The lowest BCUT2D eigenvalue weighted by Gasteiger charge is -2.73. The molecule has 0 aromatic carbocycles. The number of rotatable bonds is 17. The Hall–Kier alpha value is -2.19. The normalized spacial score (nSPS) is 56.2. The second-order valence-corrected chi connectivity index (χ2v) is 33.6. The van der Waals surface area contributed by atoms with Gasteiger partial charge >= 0.3 is 5.97 Å². The van der Waals surface area contributed by atoms with Gasteiger partial charge in [-0.15, -0.1) is 0 Å². The van der Waals surface area contributed by atoms with E-state index >= 15 is 4.79 Å². The highest BCUT2D eigenvalue weighted by atomic mass is 16.8. The molecule has 11 fully saturated rings. The number of hydrogen-bond acceptors (Lipinski definition) is 37. The number of carbonyl (C=O) groups is 1. The molecule has 0 unspecified atom stereocenters. The lowest BCUT2D eigenvalue weighted by atomic mass is 9.32. The van der Waals surface area contributed by atoms with Crippen molar-refractivity contribution in [1.82, 2.24) is 0 Å². The summed E-state index contributed by atoms with van der Waals surface area (Å²) < 4.78 is 82.8. The van der Waals surface area contributed by atoms with Crippen LogP contribution in [0.2, 0.25) is 0 Å². The molecule has 0 aromatic rings. The van der Waals surface area contributed by atoms with Crippen LogP contribution in [0.3, 0.4) is 0 Å². The zero-order valence-corrected chi connectivity index (χ0v) is 60.2. The number of ether oxygens (including phenoxy) is 14. The first-order chi connectivity index (χ1) is 49.6. The number of esters is 1. The maximum atomic E-state index is 15.7. The summed E-state index contributed by atoms with van der Waals surface area (Å²) in [4.78, 5) is 15.7. The van der Waals surface area contributed by atoms with Gasteiger partial charge in [0.05, 0.1) is 76.3 Å². The molecule has 7 aliphatic heterocycles. The summed E-state index contributed by atoms with van der Waals surface area (Å²) >= 11 is 0. The minimum absolute atomic E-state index is 0.0613. The van der Waals surface area contributed by atoms with Crippen molar-refractivity contribution in [3.05, 3.63) is 11.6 Å². The largest absolute Gasteiger partial charge is 0.432 e. The number of carbonyl (C=O) groups excluding carboxylic acids is 1. The van der Waals surface area contributed by atoms with E-state index in [1.165, 1.54) is 13.8 Å². The van der Waals surface area contributed by atoms with Crippen LogP contribution in [-0.2, 0) is 71.1 Å². The Labute approximate surface area is 610 Å². The van der Waals surface area contributed by atoms with E-state index in [2.05, 4.69) is 6.08 Å². The average molecular weight is 1530 g/mol. The summed E-state index contributed by atoms with van der Waals surface area (Å²) in [7, 11) is 0. The smallest absolute Gasteiger partial charge is 0.317 e.